The molecule has 0 spiro atoms. The first kappa shape index (κ1) is 20.2. The zero-order valence-corrected chi connectivity index (χ0v) is 15.9. The van der Waals surface area contributed by atoms with Crippen LogP contribution in [0.4, 0.5) is 13.2 Å². The first-order valence-electron chi connectivity index (χ1n) is 9.11. The Morgan fingerprint density at radius 1 is 0.871 bits per heavy atom. The zero-order chi connectivity index (χ0) is 22.0. The summed E-state index contributed by atoms with van der Waals surface area (Å²) in [4.78, 5) is 15.9. The van der Waals surface area contributed by atoms with Crippen molar-refractivity contribution < 1.29 is 27.1 Å². The van der Waals surface area contributed by atoms with Gasteiger partial charge in [0.15, 0.2) is 5.76 Å². The topological polar surface area (TPSA) is 78.4 Å². The molecule has 4 aromatic rings. The van der Waals surface area contributed by atoms with Crippen molar-refractivity contribution in [2.45, 2.75) is 6.36 Å². The van der Waals surface area contributed by atoms with Gasteiger partial charge in [-0.3, -0.25) is 4.79 Å². The molecule has 0 aliphatic carbocycles. The van der Waals surface area contributed by atoms with E-state index in [0.29, 0.717) is 28.3 Å². The Bertz CT molecular complexity index is 1200. The fourth-order valence-corrected chi connectivity index (χ4v) is 3.05. The SMILES string of the molecule is NC(=O)c1ccc(-c2cc(-c3ccc(OC(F)(F)F)cc3)nc(-c3ccco3)c2)cc1. The molecule has 1 amide bonds. The van der Waals surface area contributed by atoms with Crippen molar-refractivity contribution in [2.75, 3.05) is 0 Å². The van der Waals surface area contributed by atoms with E-state index >= 15 is 0 Å². The number of nitrogens with zero attached hydrogens (tertiary/aromatic N) is 1. The number of nitrogens with two attached hydrogens (primary N) is 1. The van der Waals surface area contributed by atoms with Gasteiger partial charge in [0, 0.05) is 11.1 Å². The van der Waals surface area contributed by atoms with E-state index < -0.39 is 12.3 Å². The Balaban J connectivity index is 1.76. The predicted octanol–water partition coefficient (Wildman–Crippen LogP) is 5.67. The maximum absolute atomic E-state index is 12.4. The fraction of sp³-hybridized carbons (Fsp3) is 0.0435. The summed E-state index contributed by atoms with van der Waals surface area (Å²) in [5.41, 5.74) is 8.94. The van der Waals surface area contributed by atoms with Gasteiger partial charge in [-0.15, -0.1) is 13.2 Å². The van der Waals surface area contributed by atoms with E-state index in [1.54, 1.807) is 42.5 Å². The summed E-state index contributed by atoms with van der Waals surface area (Å²) in [5, 5.41) is 0. The van der Waals surface area contributed by atoms with Gasteiger partial charge in [-0.05, 0) is 71.8 Å². The summed E-state index contributed by atoms with van der Waals surface area (Å²) in [6.45, 7) is 0. The lowest BCUT2D eigenvalue weighted by molar-refractivity contribution is -0.274. The number of hydrogen-bond acceptors (Lipinski definition) is 4. The summed E-state index contributed by atoms with van der Waals surface area (Å²) < 4.78 is 46.6. The maximum atomic E-state index is 12.4. The van der Waals surface area contributed by atoms with E-state index in [1.807, 2.05) is 6.07 Å². The van der Waals surface area contributed by atoms with Crippen molar-refractivity contribution in [3.05, 3.63) is 84.6 Å². The lowest BCUT2D eigenvalue weighted by Crippen LogP contribution is -2.16. The lowest BCUT2D eigenvalue weighted by Gasteiger charge is -2.11. The van der Waals surface area contributed by atoms with E-state index in [9.17, 15) is 18.0 Å². The zero-order valence-electron chi connectivity index (χ0n) is 15.9. The van der Waals surface area contributed by atoms with Gasteiger partial charge in [0.05, 0.1) is 12.0 Å². The number of carbonyl (C=O) groups excluding carboxylic acids is 1. The monoisotopic (exact) mass is 424 g/mol. The lowest BCUT2D eigenvalue weighted by atomic mass is 10.0. The third-order valence-electron chi connectivity index (χ3n) is 4.49. The highest BCUT2D eigenvalue weighted by atomic mass is 19.4. The number of primary amides is 1. The van der Waals surface area contributed by atoms with Crippen LogP contribution in [0.25, 0.3) is 33.8 Å². The van der Waals surface area contributed by atoms with Crippen molar-refractivity contribution >= 4 is 5.91 Å². The van der Waals surface area contributed by atoms with Crippen molar-refractivity contribution in [2.24, 2.45) is 5.73 Å². The van der Waals surface area contributed by atoms with Crippen LogP contribution in [0.5, 0.6) is 5.75 Å². The first-order chi connectivity index (χ1) is 14.8. The Morgan fingerprint density at radius 3 is 2.10 bits per heavy atom. The van der Waals surface area contributed by atoms with Crippen molar-refractivity contribution in [1.82, 2.24) is 4.98 Å². The quantitative estimate of drug-likeness (QED) is 0.448. The molecular formula is C23H15F3N2O3. The van der Waals surface area contributed by atoms with Gasteiger partial charge in [0.2, 0.25) is 5.91 Å². The standard InChI is InChI=1S/C23H15F3N2O3/c24-23(25,26)31-18-9-7-15(8-10-18)19-12-17(13-20(28-19)21-2-1-11-30-21)14-3-5-16(6-4-14)22(27)29/h1-13H,(H2,27,29). The Hall–Kier alpha value is -4.07. The Morgan fingerprint density at radius 2 is 1.52 bits per heavy atom. The van der Waals surface area contributed by atoms with Crippen molar-refractivity contribution in [3.8, 4) is 39.6 Å². The fourth-order valence-electron chi connectivity index (χ4n) is 3.05. The molecule has 0 bridgehead atoms. The third-order valence-corrected chi connectivity index (χ3v) is 4.49. The van der Waals surface area contributed by atoms with Gasteiger partial charge in [-0.2, -0.15) is 0 Å². The van der Waals surface area contributed by atoms with Crippen LogP contribution in [0.3, 0.4) is 0 Å². The highest BCUT2D eigenvalue weighted by Crippen LogP contribution is 2.32. The molecule has 2 N–H and O–H groups in total. The molecule has 0 saturated heterocycles. The van der Waals surface area contributed by atoms with Gasteiger partial charge in [0.1, 0.15) is 11.4 Å². The molecule has 0 unspecified atom stereocenters. The number of benzene rings is 2. The third kappa shape index (κ3) is 4.75. The van der Waals surface area contributed by atoms with Gasteiger partial charge >= 0.3 is 6.36 Å². The molecule has 0 fully saturated rings. The van der Waals surface area contributed by atoms with E-state index in [-0.39, 0.29) is 5.75 Å². The van der Waals surface area contributed by atoms with Crippen LogP contribution in [0.1, 0.15) is 10.4 Å². The average Bonchev–Trinajstić information content (AvgIpc) is 3.28. The summed E-state index contributed by atoms with van der Waals surface area (Å²) in [6, 6.07) is 19.3. The van der Waals surface area contributed by atoms with Gasteiger partial charge in [0.25, 0.3) is 0 Å². The molecule has 0 radical (unpaired) electrons. The molecule has 8 heteroatoms. The van der Waals surface area contributed by atoms with Crippen LogP contribution in [0.2, 0.25) is 0 Å². The summed E-state index contributed by atoms with van der Waals surface area (Å²) in [6.07, 6.45) is -3.24. The minimum atomic E-state index is -4.76. The maximum Gasteiger partial charge on any atom is 0.573 e. The van der Waals surface area contributed by atoms with Gasteiger partial charge in [-0.25, -0.2) is 4.98 Å². The highest BCUT2D eigenvalue weighted by Gasteiger charge is 2.31. The van der Waals surface area contributed by atoms with Gasteiger partial charge in [-0.1, -0.05) is 12.1 Å². The minimum absolute atomic E-state index is 0.319. The number of ether oxygens (including phenoxy) is 1. The van der Waals surface area contributed by atoms with Crippen LogP contribution in [-0.4, -0.2) is 17.3 Å². The number of amides is 1. The smallest absolute Gasteiger partial charge is 0.463 e. The van der Waals surface area contributed by atoms with Crippen molar-refractivity contribution in [1.29, 1.82) is 0 Å². The van der Waals surface area contributed by atoms with E-state index in [2.05, 4.69) is 9.72 Å². The van der Waals surface area contributed by atoms with E-state index in [0.717, 1.165) is 11.1 Å². The van der Waals surface area contributed by atoms with Crippen LogP contribution >= 0.6 is 0 Å². The number of hydrogen-bond donors (Lipinski definition) is 1. The van der Waals surface area contributed by atoms with Crippen LogP contribution in [0, 0.1) is 0 Å². The molecule has 2 heterocycles. The summed E-state index contributed by atoms with van der Waals surface area (Å²) >= 11 is 0. The van der Waals surface area contributed by atoms with E-state index in [4.69, 9.17) is 10.2 Å². The summed E-state index contributed by atoms with van der Waals surface area (Å²) in [5.74, 6) is -0.311. The van der Waals surface area contributed by atoms with Crippen LogP contribution in [-0.2, 0) is 0 Å². The largest absolute Gasteiger partial charge is 0.573 e. The predicted molar refractivity (Wildman–Crippen MR) is 108 cm³/mol. The minimum Gasteiger partial charge on any atom is -0.463 e. The number of carbonyl (C=O) groups is 1. The molecule has 0 aliphatic rings. The Kier molecular flexibility index (Phi) is 5.21. The second-order valence-electron chi connectivity index (χ2n) is 6.62. The van der Waals surface area contributed by atoms with Gasteiger partial charge < -0.3 is 14.9 Å². The number of rotatable bonds is 5. The molecule has 4 rings (SSSR count). The number of aromatic nitrogens is 1. The molecule has 0 aliphatic heterocycles. The molecule has 0 saturated carbocycles. The molecule has 156 valence electrons. The highest BCUT2D eigenvalue weighted by molar-refractivity contribution is 5.93. The molecule has 31 heavy (non-hydrogen) atoms. The average molecular weight is 424 g/mol. The van der Waals surface area contributed by atoms with Crippen LogP contribution < -0.4 is 10.5 Å². The second kappa shape index (κ2) is 7.98. The first-order valence-corrected chi connectivity index (χ1v) is 9.11. The number of pyridine rings is 1. The van der Waals surface area contributed by atoms with E-state index in [1.165, 1.54) is 30.5 Å². The molecule has 0 atom stereocenters. The molecule has 2 aromatic heterocycles. The normalized spacial score (nSPS) is 11.3. The number of alkyl halides is 3. The summed E-state index contributed by atoms with van der Waals surface area (Å²) in [7, 11) is 0. The molecule has 2 aromatic carbocycles. The number of furan rings is 1. The second-order valence-corrected chi connectivity index (χ2v) is 6.62. The molecule has 5 nitrogen and oxygen atoms in total. The Labute approximate surface area is 174 Å². The van der Waals surface area contributed by atoms with Crippen LogP contribution in [0.15, 0.2) is 83.5 Å². The van der Waals surface area contributed by atoms with Crippen molar-refractivity contribution in [3.63, 3.8) is 0 Å². The number of halogens is 3. The molecular weight excluding hydrogens is 409 g/mol.